The van der Waals surface area contributed by atoms with Gasteiger partial charge in [-0.3, -0.25) is 4.79 Å². The van der Waals surface area contributed by atoms with Gasteiger partial charge in [-0.1, -0.05) is 30.9 Å². The summed E-state index contributed by atoms with van der Waals surface area (Å²) < 4.78 is 2.27. The lowest BCUT2D eigenvalue weighted by Crippen LogP contribution is -2.11. The molecule has 106 valence electrons. The lowest BCUT2D eigenvalue weighted by atomic mass is 9.95. The number of halogens is 1. The average molecular weight is 292 g/mol. The molecule has 1 aromatic heterocycles. The van der Waals surface area contributed by atoms with E-state index in [2.05, 4.69) is 4.57 Å². The Hall–Kier alpha value is -1.48. The van der Waals surface area contributed by atoms with Gasteiger partial charge in [-0.15, -0.1) is 0 Å². The molecule has 1 N–H and O–H groups in total. The lowest BCUT2D eigenvalue weighted by Gasteiger charge is -2.24. The first-order chi connectivity index (χ1) is 9.65. The van der Waals surface area contributed by atoms with E-state index in [0.29, 0.717) is 11.1 Å². The molecule has 1 aliphatic carbocycles. The van der Waals surface area contributed by atoms with Crippen LogP contribution >= 0.6 is 11.6 Å². The molecule has 4 heteroatoms. The van der Waals surface area contributed by atoms with Crippen LogP contribution in [0.5, 0.6) is 0 Å². The molecule has 1 heterocycles. The molecule has 0 atom stereocenters. The summed E-state index contributed by atoms with van der Waals surface area (Å²) in [5.74, 6) is -0.798. The zero-order valence-corrected chi connectivity index (χ0v) is 12.1. The number of hydrogen-bond acceptors (Lipinski definition) is 1. The van der Waals surface area contributed by atoms with E-state index in [1.807, 2.05) is 24.4 Å². The third kappa shape index (κ3) is 2.55. The SMILES string of the molecule is O=C(O)Cc1cn(C2CCCCC2)c2ccc(Cl)cc12. The van der Waals surface area contributed by atoms with E-state index in [9.17, 15) is 4.79 Å². The summed E-state index contributed by atoms with van der Waals surface area (Å²) in [7, 11) is 0. The zero-order valence-electron chi connectivity index (χ0n) is 11.3. The van der Waals surface area contributed by atoms with Crippen molar-refractivity contribution in [1.82, 2.24) is 4.57 Å². The van der Waals surface area contributed by atoms with E-state index in [1.165, 1.54) is 32.1 Å². The van der Waals surface area contributed by atoms with Crippen molar-refractivity contribution in [2.24, 2.45) is 0 Å². The van der Waals surface area contributed by atoms with Crippen LogP contribution in [0.4, 0.5) is 0 Å². The van der Waals surface area contributed by atoms with Gasteiger partial charge < -0.3 is 9.67 Å². The van der Waals surface area contributed by atoms with Gasteiger partial charge in [0, 0.05) is 28.2 Å². The molecule has 0 saturated heterocycles. The van der Waals surface area contributed by atoms with E-state index in [-0.39, 0.29) is 6.42 Å². The predicted octanol–water partition coefficient (Wildman–Crippen LogP) is 4.43. The first kappa shape index (κ1) is 13.5. The lowest BCUT2D eigenvalue weighted by molar-refractivity contribution is -0.136. The van der Waals surface area contributed by atoms with Crippen molar-refractivity contribution in [3.8, 4) is 0 Å². The minimum absolute atomic E-state index is 0.0521. The maximum absolute atomic E-state index is 11.0. The predicted molar refractivity (Wildman–Crippen MR) is 80.4 cm³/mol. The Morgan fingerprint density at radius 1 is 1.30 bits per heavy atom. The van der Waals surface area contributed by atoms with E-state index in [1.54, 1.807) is 0 Å². The summed E-state index contributed by atoms with van der Waals surface area (Å²) in [5, 5.41) is 10.7. The number of hydrogen-bond donors (Lipinski definition) is 1. The molecule has 1 fully saturated rings. The molecule has 3 rings (SSSR count). The van der Waals surface area contributed by atoms with Gasteiger partial charge in [0.25, 0.3) is 0 Å². The van der Waals surface area contributed by atoms with E-state index >= 15 is 0 Å². The van der Waals surface area contributed by atoms with Crippen molar-refractivity contribution < 1.29 is 9.90 Å². The summed E-state index contributed by atoms with van der Waals surface area (Å²) in [4.78, 5) is 11.0. The van der Waals surface area contributed by atoms with Crippen LogP contribution in [0.3, 0.4) is 0 Å². The number of carboxylic acid groups (broad SMARTS) is 1. The number of aromatic nitrogens is 1. The van der Waals surface area contributed by atoms with Gasteiger partial charge in [0.1, 0.15) is 0 Å². The number of carboxylic acids is 1. The monoisotopic (exact) mass is 291 g/mol. The van der Waals surface area contributed by atoms with Gasteiger partial charge in [-0.25, -0.2) is 0 Å². The van der Waals surface area contributed by atoms with E-state index in [4.69, 9.17) is 16.7 Å². The Bertz CT molecular complexity index is 641. The van der Waals surface area contributed by atoms with E-state index < -0.39 is 5.97 Å². The molecule has 0 unspecified atom stereocenters. The molecular weight excluding hydrogens is 274 g/mol. The summed E-state index contributed by atoms with van der Waals surface area (Å²) in [6, 6.07) is 6.27. The van der Waals surface area contributed by atoms with E-state index in [0.717, 1.165) is 16.5 Å². The van der Waals surface area contributed by atoms with Gasteiger partial charge in [0.15, 0.2) is 0 Å². The molecule has 0 spiro atoms. The third-order valence-electron chi connectivity index (χ3n) is 4.19. The smallest absolute Gasteiger partial charge is 0.307 e. The number of rotatable bonds is 3. The molecular formula is C16H18ClNO2. The largest absolute Gasteiger partial charge is 0.481 e. The second kappa shape index (κ2) is 5.49. The van der Waals surface area contributed by atoms with Crippen LogP contribution in [0.2, 0.25) is 5.02 Å². The summed E-state index contributed by atoms with van der Waals surface area (Å²) in [6.45, 7) is 0. The highest BCUT2D eigenvalue weighted by atomic mass is 35.5. The number of nitrogens with zero attached hydrogens (tertiary/aromatic N) is 1. The van der Waals surface area contributed by atoms with Crippen LogP contribution in [0, 0.1) is 0 Å². The van der Waals surface area contributed by atoms with Crippen molar-refractivity contribution in [2.75, 3.05) is 0 Å². The van der Waals surface area contributed by atoms with Crippen LogP contribution in [0.1, 0.15) is 43.7 Å². The van der Waals surface area contributed by atoms with Crippen molar-refractivity contribution >= 4 is 28.5 Å². The van der Waals surface area contributed by atoms with Crippen LogP contribution in [-0.4, -0.2) is 15.6 Å². The molecule has 0 amide bonds. The average Bonchev–Trinajstić information content (AvgIpc) is 2.77. The van der Waals surface area contributed by atoms with Crippen LogP contribution in [-0.2, 0) is 11.2 Å². The van der Waals surface area contributed by atoms with Crippen molar-refractivity contribution in [2.45, 2.75) is 44.6 Å². The molecule has 0 bridgehead atoms. The van der Waals surface area contributed by atoms with Crippen molar-refractivity contribution in [3.63, 3.8) is 0 Å². The van der Waals surface area contributed by atoms with Gasteiger partial charge in [0.2, 0.25) is 0 Å². The Labute approximate surface area is 123 Å². The minimum atomic E-state index is -0.798. The molecule has 1 saturated carbocycles. The fourth-order valence-corrected chi connectivity index (χ4v) is 3.43. The maximum atomic E-state index is 11.0. The first-order valence-corrected chi connectivity index (χ1v) is 7.53. The van der Waals surface area contributed by atoms with Crippen molar-refractivity contribution in [3.05, 3.63) is 35.0 Å². The van der Waals surface area contributed by atoms with Crippen LogP contribution < -0.4 is 0 Å². The molecule has 0 radical (unpaired) electrons. The summed E-state index contributed by atoms with van der Waals surface area (Å²) >= 11 is 6.07. The zero-order chi connectivity index (χ0) is 14.1. The standard InChI is InChI=1S/C16H18ClNO2/c17-12-6-7-15-14(9-12)11(8-16(19)20)10-18(15)13-4-2-1-3-5-13/h6-7,9-10,13H,1-5,8H2,(H,19,20). The molecule has 3 nitrogen and oxygen atoms in total. The highest BCUT2D eigenvalue weighted by Gasteiger charge is 2.19. The van der Waals surface area contributed by atoms with Gasteiger partial charge in [-0.2, -0.15) is 0 Å². The summed E-state index contributed by atoms with van der Waals surface area (Å²) in [5.41, 5.74) is 1.97. The number of carbonyl (C=O) groups is 1. The Morgan fingerprint density at radius 3 is 2.75 bits per heavy atom. The normalized spacial score (nSPS) is 16.6. The summed E-state index contributed by atoms with van der Waals surface area (Å²) in [6.07, 6.45) is 8.25. The second-order valence-electron chi connectivity index (χ2n) is 5.59. The molecule has 2 aromatic rings. The van der Waals surface area contributed by atoms with Gasteiger partial charge in [0.05, 0.1) is 6.42 Å². The quantitative estimate of drug-likeness (QED) is 0.909. The Morgan fingerprint density at radius 2 is 2.05 bits per heavy atom. The first-order valence-electron chi connectivity index (χ1n) is 7.16. The van der Waals surface area contributed by atoms with Gasteiger partial charge >= 0.3 is 5.97 Å². The fourth-order valence-electron chi connectivity index (χ4n) is 3.26. The number of benzene rings is 1. The maximum Gasteiger partial charge on any atom is 0.307 e. The second-order valence-corrected chi connectivity index (χ2v) is 6.02. The van der Waals surface area contributed by atoms with Crippen LogP contribution in [0.15, 0.2) is 24.4 Å². The Kier molecular flexibility index (Phi) is 3.70. The molecule has 20 heavy (non-hydrogen) atoms. The molecule has 0 aliphatic heterocycles. The minimum Gasteiger partial charge on any atom is -0.481 e. The Balaban J connectivity index is 2.09. The molecule has 1 aromatic carbocycles. The topological polar surface area (TPSA) is 42.2 Å². The highest BCUT2D eigenvalue weighted by molar-refractivity contribution is 6.31. The number of fused-ring (bicyclic) bond motifs is 1. The highest BCUT2D eigenvalue weighted by Crippen LogP contribution is 2.34. The third-order valence-corrected chi connectivity index (χ3v) is 4.42. The fraction of sp³-hybridized carbons (Fsp3) is 0.438. The van der Waals surface area contributed by atoms with Gasteiger partial charge in [-0.05, 0) is 36.6 Å². The van der Waals surface area contributed by atoms with Crippen molar-refractivity contribution in [1.29, 1.82) is 0 Å². The van der Waals surface area contributed by atoms with Crippen LogP contribution in [0.25, 0.3) is 10.9 Å². The number of aliphatic carboxylic acids is 1. The molecule has 1 aliphatic rings.